The van der Waals surface area contributed by atoms with Crippen LogP contribution in [0.3, 0.4) is 0 Å². The Kier molecular flexibility index (Phi) is 72.8. The molecule has 92 valence electrons. The van der Waals surface area contributed by atoms with E-state index in [0.717, 1.165) is 7.11 Å². The maximum absolute atomic E-state index is 9.37. The van der Waals surface area contributed by atoms with Crippen molar-refractivity contribution in [3.8, 4) is 0 Å². The predicted molar refractivity (Wildman–Crippen MR) is 53.5 cm³/mol. The topological polar surface area (TPSA) is 118 Å². The van der Waals surface area contributed by atoms with Gasteiger partial charge in [0.2, 0.25) is 0 Å². The van der Waals surface area contributed by atoms with E-state index in [0.29, 0.717) is 0 Å². The summed E-state index contributed by atoms with van der Waals surface area (Å²) in [7, 11) is 2.25. The monoisotopic (exact) mass is 303 g/mol. The van der Waals surface area contributed by atoms with E-state index >= 15 is 0 Å². The number of aliphatic carboxylic acids is 2. The maximum Gasteiger partial charge on any atom is 0.303 e. The van der Waals surface area contributed by atoms with Crippen LogP contribution in [-0.2, 0) is 35.8 Å². The average Bonchev–Trinajstić information content (AvgIpc) is 2.24. The fourth-order valence-corrected chi connectivity index (χ4v) is 0. The summed E-state index contributed by atoms with van der Waals surface area (Å²) in [5.41, 5.74) is 0. The number of hydrogen-bond donors (Lipinski definition) is 3. The van der Waals surface area contributed by atoms with E-state index < -0.39 is 11.9 Å². The van der Waals surface area contributed by atoms with E-state index in [1.807, 2.05) is 0 Å². The summed E-state index contributed by atoms with van der Waals surface area (Å²) in [6.07, 6.45) is 0.444. The molecule has 0 bridgehead atoms. The van der Waals surface area contributed by atoms with Crippen LogP contribution in [0.5, 0.6) is 0 Å². The van der Waals surface area contributed by atoms with E-state index in [2.05, 4.69) is 0 Å². The number of carboxylic acids is 2. The third-order valence-corrected chi connectivity index (χ3v) is 0.605. The number of aliphatic hydroxyl groups is 1. The summed E-state index contributed by atoms with van der Waals surface area (Å²) in [6, 6.07) is 0. The Labute approximate surface area is 109 Å². The number of rotatable bonds is 2. The number of hydrogen-bond acceptors (Lipinski definition) is 3. The van der Waals surface area contributed by atoms with Gasteiger partial charge in [-0.1, -0.05) is 13.8 Å². The average molecular weight is 304 g/mol. The molecule has 0 aliphatic rings. The Morgan fingerprint density at radius 1 is 0.933 bits per heavy atom. The molecule has 0 aliphatic carbocycles. The van der Waals surface area contributed by atoms with E-state index in [1.165, 1.54) is 7.11 Å². The molecule has 0 saturated heterocycles. The number of aliphatic hydroxyl groups excluding tert-OH is 1. The molecule has 0 radical (unpaired) electrons. The molecule has 0 aliphatic heterocycles. The zero-order valence-corrected chi connectivity index (χ0v) is 12.0. The van der Waals surface area contributed by atoms with Crippen molar-refractivity contribution < 1.29 is 56.2 Å². The standard InChI is InChI=1S/2C3H6O2.2CH4O.Zr/c2*1-2-3(4)5;2*1-2;/h2*2H2,1H3,(H,4,5);2*2H,1H3;/p+1. The van der Waals surface area contributed by atoms with Crippen molar-refractivity contribution in [1.82, 2.24) is 0 Å². The predicted octanol–water partition coefficient (Wildman–Crippen LogP) is -0.0912. The molecule has 0 rings (SSSR count). The molecule has 0 amide bonds. The molecular weight excluding hydrogens is 283 g/mol. The zero-order chi connectivity index (χ0) is 12.6. The van der Waals surface area contributed by atoms with Crippen molar-refractivity contribution in [2.45, 2.75) is 26.7 Å². The molecule has 15 heavy (non-hydrogen) atoms. The Morgan fingerprint density at radius 2 is 1.00 bits per heavy atom. The van der Waals surface area contributed by atoms with Crippen molar-refractivity contribution >= 4 is 11.9 Å². The van der Waals surface area contributed by atoms with Crippen LogP contribution in [0.25, 0.3) is 0 Å². The summed E-state index contributed by atoms with van der Waals surface area (Å²) in [6.45, 7) is 3.20. The second-order valence-corrected chi connectivity index (χ2v) is 1.49. The summed E-state index contributed by atoms with van der Waals surface area (Å²) in [5.74, 6) is -1.49. The van der Waals surface area contributed by atoms with Crippen LogP contribution in [0.15, 0.2) is 0 Å². The first kappa shape index (κ1) is 29.3. The molecule has 0 fully saturated rings. The van der Waals surface area contributed by atoms with Gasteiger partial charge in [0, 0.05) is 46.2 Å². The summed E-state index contributed by atoms with van der Waals surface area (Å²) < 4.78 is 0. The quantitative estimate of drug-likeness (QED) is 0.616. The van der Waals surface area contributed by atoms with Crippen LogP contribution >= 0.6 is 0 Å². The van der Waals surface area contributed by atoms with Crippen LogP contribution in [0, 0.1) is 0 Å². The first-order valence-corrected chi connectivity index (χ1v) is 3.92. The first-order valence-electron chi connectivity index (χ1n) is 3.92. The van der Waals surface area contributed by atoms with Crippen molar-refractivity contribution in [1.29, 1.82) is 0 Å². The molecule has 0 aromatic heterocycles. The molecule has 7 heteroatoms. The summed E-state index contributed by atoms with van der Waals surface area (Å²) in [5, 5.41) is 28.2. The van der Waals surface area contributed by atoms with E-state index in [-0.39, 0.29) is 39.0 Å². The van der Waals surface area contributed by atoms with Crippen LogP contribution in [-0.4, -0.2) is 46.6 Å². The van der Waals surface area contributed by atoms with Gasteiger partial charge in [0.25, 0.3) is 0 Å². The van der Waals surface area contributed by atoms with Crippen molar-refractivity contribution in [2.75, 3.05) is 14.2 Å². The van der Waals surface area contributed by atoms with Gasteiger partial charge in [0.05, 0.1) is 0 Å². The van der Waals surface area contributed by atoms with Gasteiger partial charge in [-0.2, -0.15) is 0 Å². The molecule has 0 unspecified atom stereocenters. The molecule has 0 spiro atoms. The van der Waals surface area contributed by atoms with Gasteiger partial charge in [-0.15, -0.1) is 0 Å². The molecule has 5 N–H and O–H groups in total. The summed E-state index contributed by atoms with van der Waals surface area (Å²) in [4.78, 5) is 18.7. The minimum atomic E-state index is -0.745. The second kappa shape index (κ2) is 37.2. The van der Waals surface area contributed by atoms with Gasteiger partial charge in [0.1, 0.15) is 7.11 Å². The molecule has 0 aromatic carbocycles. The molecule has 6 nitrogen and oxygen atoms in total. The zero-order valence-electron chi connectivity index (χ0n) is 9.57. The number of carbonyl (C=O) groups is 2. The third-order valence-electron chi connectivity index (χ3n) is 0.605. The van der Waals surface area contributed by atoms with Gasteiger partial charge < -0.3 is 20.4 Å². The maximum atomic E-state index is 9.37. The molecular formula is C8H21O6Zr+. The van der Waals surface area contributed by atoms with Gasteiger partial charge in [-0.3, -0.25) is 9.59 Å². The smallest absolute Gasteiger partial charge is 0.303 e. The van der Waals surface area contributed by atoms with E-state index in [9.17, 15) is 9.59 Å². The molecule has 0 aromatic rings. The normalized spacial score (nSPS) is 5.73. The molecule has 0 heterocycles. The Balaban J connectivity index is -0.0000000318. The van der Waals surface area contributed by atoms with Crippen LogP contribution in [0.2, 0.25) is 0 Å². The Morgan fingerprint density at radius 3 is 1.00 bits per heavy atom. The first-order chi connectivity index (χ1) is 6.54. The third kappa shape index (κ3) is 135. The van der Waals surface area contributed by atoms with Gasteiger partial charge in [-0.05, 0) is 0 Å². The number of carboxylic acid groups (broad SMARTS) is 2. The van der Waals surface area contributed by atoms with Crippen LogP contribution in [0.4, 0.5) is 0 Å². The van der Waals surface area contributed by atoms with Gasteiger partial charge in [-0.25, -0.2) is 0 Å². The van der Waals surface area contributed by atoms with Crippen LogP contribution in [0.1, 0.15) is 26.7 Å². The molecule has 0 atom stereocenters. The summed E-state index contributed by atoms with van der Waals surface area (Å²) >= 11 is 0. The van der Waals surface area contributed by atoms with E-state index in [4.69, 9.17) is 20.4 Å². The largest absolute Gasteiger partial charge is 0.481 e. The Bertz CT molecular complexity index is 104. The minimum Gasteiger partial charge on any atom is -0.481 e. The van der Waals surface area contributed by atoms with Gasteiger partial charge in [0.15, 0.2) is 0 Å². The van der Waals surface area contributed by atoms with Crippen molar-refractivity contribution in [3.63, 3.8) is 0 Å². The second-order valence-electron chi connectivity index (χ2n) is 1.49. The van der Waals surface area contributed by atoms with Gasteiger partial charge >= 0.3 is 11.9 Å². The van der Waals surface area contributed by atoms with Crippen molar-refractivity contribution in [3.05, 3.63) is 0 Å². The fraction of sp³-hybridized carbons (Fsp3) is 0.750. The fourth-order valence-electron chi connectivity index (χ4n) is 0. The SMILES string of the molecule is CCC(=O)O.CCC(=O)O.CO.C[OH2+].[Zr]. The molecule has 0 saturated carbocycles. The van der Waals surface area contributed by atoms with Crippen molar-refractivity contribution in [2.24, 2.45) is 0 Å². The minimum absolute atomic E-state index is 0. The van der Waals surface area contributed by atoms with Crippen LogP contribution < -0.4 is 0 Å². The van der Waals surface area contributed by atoms with E-state index in [1.54, 1.807) is 13.8 Å². The Hall–Kier alpha value is -0.257.